The monoisotopic (exact) mass is 319 g/mol. The largest absolute Gasteiger partial charge is 0.484 e. The van der Waals surface area contributed by atoms with Crippen molar-refractivity contribution in [2.45, 2.75) is 6.61 Å². The second kappa shape index (κ2) is 6.69. The highest BCUT2D eigenvalue weighted by atomic mass is 35.5. The number of rotatable bonds is 4. The van der Waals surface area contributed by atoms with Crippen molar-refractivity contribution in [3.63, 3.8) is 0 Å². The molecular weight excluding hydrogens is 306 g/mol. The van der Waals surface area contributed by atoms with Gasteiger partial charge in [-0.15, -0.1) is 0 Å². The van der Waals surface area contributed by atoms with E-state index in [9.17, 15) is 5.26 Å². The van der Waals surface area contributed by atoms with Gasteiger partial charge in [0.1, 0.15) is 11.8 Å². The Balaban J connectivity index is 1.72. The molecule has 0 unspecified atom stereocenters. The number of hydrogen-bond donors (Lipinski definition) is 0. The minimum absolute atomic E-state index is 0.138. The van der Waals surface area contributed by atoms with E-state index in [1.807, 2.05) is 4.90 Å². The van der Waals surface area contributed by atoms with Gasteiger partial charge in [0.05, 0.1) is 13.2 Å². The van der Waals surface area contributed by atoms with E-state index in [0.717, 1.165) is 0 Å². The number of benzene rings is 1. The van der Waals surface area contributed by atoms with E-state index < -0.39 is 0 Å². The van der Waals surface area contributed by atoms with E-state index in [4.69, 9.17) is 25.5 Å². The van der Waals surface area contributed by atoms with E-state index in [0.29, 0.717) is 48.9 Å². The summed E-state index contributed by atoms with van der Waals surface area (Å²) in [6.07, 6.45) is 0. The molecule has 1 saturated heterocycles. The molecule has 1 aromatic carbocycles. The van der Waals surface area contributed by atoms with Gasteiger partial charge in [-0.2, -0.15) is 10.2 Å². The van der Waals surface area contributed by atoms with Crippen molar-refractivity contribution in [2.24, 2.45) is 0 Å². The van der Waals surface area contributed by atoms with Gasteiger partial charge in [-0.25, -0.2) is 0 Å². The molecule has 0 spiro atoms. The van der Waals surface area contributed by atoms with Gasteiger partial charge in [-0.3, -0.25) is 0 Å². The van der Waals surface area contributed by atoms with Crippen LogP contribution in [-0.4, -0.2) is 31.3 Å². The molecule has 0 amide bonds. The lowest BCUT2D eigenvalue weighted by molar-refractivity contribution is 0.120. The van der Waals surface area contributed by atoms with Crippen LogP contribution in [0, 0.1) is 11.3 Å². The second-order valence-corrected chi connectivity index (χ2v) is 5.16. The lowest BCUT2D eigenvalue weighted by atomic mass is 10.3. The highest BCUT2D eigenvalue weighted by molar-refractivity contribution is 6.30. The maximum atomic E-state index is 9.20. The normalized spacial score (nSPS) is 14.6. The van der Waals surface area contributed by atoms with Crippen LogP contribution in [0.4, 0.5) is 5.88 Å². The topological polar surface area (TPSA) is 71.5 Å². The summed E-state index contributed by atoms with van der Waals surface area (Å²) >= 11 is 5.90. The van der Waals surface area contributed by atoms with Crippen molar-refractivity contribution in [3.05, 3.63) is 40.9 Å². The Bertz CT molecular complexity index is 690. The summed E-state index contributed by atoms with van der Waals surface area (Å²) in [5.74, 6) is 1.46. The fourth-order valence-corrected chi connectivity index (χ4v) is 2.35. The summed E-state index contributed by atoms with van der Waals surface area (Å²) in [6, 6.07) is 9.12. The third-order valence-electron chi connectivity index (χ3n) is 3.22. The number of nitrogens with zero attached hydrogens (tertiary/aromatic N) is 3. The van der Waals surface area contributed by atoms with Gasteiger partial charge in [-0.1, -0.05) is 17.7 Å². The van der Waals surface area contributed by atoms with E-state index in [2.05, 4.69) is 11.1 Å². The molecule has 3 rings (SSSR count). The van der Waals surface area contributed by atoms with Crippen LogP contribution in [-0.2, 0) is 11.3 Å². The summed E-state index contributed by atoms with van der Waals surface area (Å²) in [7, 11) is 0. The number of anilines is 1. The van der Waals surface area contributed by atoms with Crippen molar-refractivity contribution < 1.29 is 13.9 Å². The van der Waals surface area contributed by atoms with Gasteiger partial charge >= 0.3 is 0 Å². The SMILES string of the molecule is N#Cc1nc(COc2cccc(Cl)c2)oc1N1CCOCC1. The van der Waals surface area contributed by atoms with Crippen LogP contribution < -0.4 is 9.64 Å². The summed E-state index contributed by atoms with van der Waals surface area (Å²) in [5, 5.41) is 9.79. The highest BCUT2D eigenvalue weighted by Crippen LogP contribution is 2.24. The third-order valence-corrected chi connectivity index (χ3v) is 3.45. The number of oxazole rings is 1. The maximum absolute atomic E-state index is 9.20. The van der Waals surface area contributed by atoms with Crippen LogP contribution >= 0.6 is 11.6 Å². The smallest absolute Gasteiger partial charge is 0.236 e. The van der Waals surface area contributed by atoms with Crippen molar-refractivity contribution in [2.75, 3.05) is 31.2 Å². The Hall–Kier alpha value is -2.23. The Morgan fingerprint density at radius 3 is 2.91 bits per heavy atom. The molecule has 2 heterocycles. The van der Waals surface area contributed by atoms with E-state index in [-0.39, 0.29) is 12.3 Å². The molecule has 22 heavy (non-hydrogen) atoms. The van der Waals surface area contributed by atoms with Crippen LogP contribution in [0.25, 0.3) is 0 Å². The number of aromatic nitrogens is 1. The molecule has 0 N–H and O–H groups in total. The van der Waals surface area contributed by atoms with Gasteiger partial charge in [-0.05, 0) is 18.2 Å². The molecule has 114 valence electrons. The molecule has 1 fully saturated rings. The molecule has 7 heteroatoms. The van der Waals surface area contributed by atoms with Crippen LogP contribution in [0.5, 0.6) is 5.75 Å². The van der Waals surface area contributed by atoms with Crippen molar-refractivity contribution in [3.8, 4) is 11.8 Å². The van der Waals surface area contributed by atoms with Gasteiger partial charge in [0.2, 0.25) is 17.5 Å². The fraction of sp³-hybridized carbons (Fsp3) is 0.333. The minimum atomic E-state index is 0.138. The molecule has 1 aromatic heterocycles. The van der Waals surface area contributed by atoms with Crippen molar-refractivity contribution >= 4 is 17.5 Å². The molecule has 1 aliphatic heterocycles. The zero-order chi connectivity index (χ0) is 15.4. The summed E-state index contributed by atoms with van der Waals surface area (Å²) in [6.45, 7) is 2.72. The molecule has 0 saturated carbocycles. The van der Waals surface area contributed by atoms with Crippen LogP contribution in [0.1, 0.15) is 11.6 Å². The lowest BCUT2D eigenvalue weighted by Gasteiger charge is -2.25. The predicted octanol–water partition coefficient (Wildman–Crippen LogP) is 2.62. The molecule has 0 bridgehead atoms. The van der Waals surface area contributed by atoms with E-state index in [1.165, 1.54) is 0 Å². The lowest BCUT2D eigenvalue weighted by Crippen LogP contribution is -2.36. The van der Waals surface area contributed by atoms with Crippen LogP contribution in [0.3, 0.4) is 0 Å². The molecule has 0 aliphatic carbocycles. The number of halogens is 1. The van der Waals surface area contributed by atoms with E-state index >= 15 is 0 Å². The van der Waals surface area contributed by atoms with Gasteiger partial charge in [0, 0.05) is 18.1 Å². The Morgan fingerprint density at radius 1 is 1.36 bits per heavy atom. The molecule has 1 aliphatic rings. The standard InChI is InChI=1S/C15H14ClN3O3/c16-11-2-1-3-12(8-11)21-10-14-18-13(9-17)15(22-14)19-4-6-20-7-5-19/h1-3,8H,4-7,10H2. The first-order valence-electron chi connectivity index (χ1n) is 6.87. The Labute approximate surface area is 132 Å². The third kappa shape index (κ3) is 3.32. The van der Waals surface area contributed by atoms with Crippen LogP contribution in [0.15, 0.2) is 28.7 Å². The zero-order valence-electron chi connectivity index (χ0n) is 11.8. The zero-order valence-corrected chi connectivity index (χ0v) is 12.5. The number of nitriles is 1. The quantitative estimate of drug-likeness (QED) is 0.862. The van der Waals surface area contributed by atoms with Crippen LogP contribution in [0.2, 0.25) is 5.02 Å². The number of hydrogen-bond acceptors (Lipinski definition) is 6. The molecular formula is C15H14ClN3O3. The van der Waals surface area contributed by atoms with Gasteiger partial charge < -0.3 is 18.8 Å². The Kier molecular flexibility index (Phi) is 4.47. The Morgan fingerprint density at radius 2 is 2.18 bits per heavy atom. The van der Waals surface area contributed by atoms with Crippen molar-refractivity contribution in [1.29, 1.82) is 5.26 Å². The predicted molar refractivity (Wildman–Crippen MR) is 80.0 cm³/mol. The van der Waals surface area contributed by atoms with Gasteiger partial charge in [0.15, 0.2) is 6.61 Å². The first-order chi connectivity index (χ1) is 10.8. The molecule has 6 nitrogen and oxygen atoms in total. The van der Waals surface area contributed by atoms with Gasteiger partial charge in [0.25, 0.3) is 0 Å². The molecule has 2 aromatic rings. The fourth-order valence-electron chi connectivity index (χ4n) is 2.17. The maximum Gasteiger partial charge on any atom is 0.236 e. The first-order valence-corrected chi connectivity index (χ1v) is 7.25. The number of ether oxygens (including phenoxy) is 2. The minimum Gasteiger partial charge on any atom is -0.484 e. The first kappa shape index (κ1) is 14.7. The average molecular weight is 320 g/mol. The molecule has 0 atom stereocenters. The molecule has 0 radical (unpaired) electrons. The second-order valence-electron chi connectivity index (χ2n) is 4.72. The summed E-state index contributed by atoms with van der Waals surface area (Å²) in [4.78, 5) is 6.13. The van der Waals surface area contributed by atoms with Crippen molar-refractivity contribution in [1.82, 2.24) is 4.98 Å². The average Bonchev–Trinajstić information content (AvgIpc) is 2.97. The summed E-state index contributed by atoms with van der Waals surface area (Å²) in [5.41, 5.74) is 0.270. The highest BCUT2D eigenvalue weighted by Gasteiger charge is 2.21. The van der Waals surface area contributed by atoms with E-state index in [1.54, 1.807) is 24.3 Å². The number of morpholine rings is 1. The summed E-state index contributed by atoms with van der Waals surface area (Å²) < 4.78 is 16.5.